The molecule has 1 heterocycles. The summed E-state index contributed by atoms with van der Waals surface area (Å²) in [5, 5.41) is 4.11. The van der Waals surface area contributed by atoms with Gasteiger partial charge in [0, 0.05) is 17.7 Å². The van der Waals surface area contributed by atoms with Crippen LogP contribution in [0.3, 0.4) is 0 Å². The van der Waals surface area contributed by atoms with Crippen molar-refractivity contribution < 1.29 is 13.9 Å². The highest BCUT2D eigenvalue weighted by atomic mass is 19.1. The van der Waals surface area contributed by atoms with Crippen molar-refractivity contribution in [2.45, 2.75) is 26.5 Å². The number of primary amides is 1. The van der Waals surface area contributed by atoms with Crippen LogP contribution in [-0.2, 0) is 13.2 Å². The van der Waals surface area contributed by atoms with Gasteiger partial charge in [0.25, 0.3) is 0 Å². The molecule has 0 aliphatic heterocycles. The summed E-state index contributed by atoms with van der Waals surface area (Å²) in [4.78, 5) is 11.1. The lowest BCUT2D eigenvalue weighted by Crippen LogP contribution is -2.12. The molecule has 106 valence electrons. The molecule has 0 spiro atoms. The number of benzene rings is 1. The van der Waals surface area contributed by atoms with E-state index in [0.717, 1.165) is 13.0 Å². The first-order valence-electron chi connectivity index (χ1n) is 6.33. The van der Waals surface area contributed by atoms with E-state index in [0.29, 0.717) is 5.75 Å². The number of hydrogen-bond acceptors (Lipinski definition) is 3. The van der Waals surface area contributed by atoms with E-state index in [9.17, 15) is 9.18 Å². The molecule has 0 fully saturated rings. The van der Waals surface area contributed by atoms with Gasteiger partial charge in [-0.3, -0.25) is 9.48 Å². The summed E-state index contributed by atoms with van der Waals surface area (Å²) in [5.41, 5.74) is 5.70. The van der Waals surface area contributed by atoms with Crippen LogP contribution in [0.5, 0.6) is 5.75 Å². The summed E-state index contributed by atoms with van der Waals surface area (Å²) < 4.78 is 20.8. The molecule has 1 amide bonds. The Morgan fingerprint density at radius 3 is 3.00 bits per heavy atom. The quantitative estimate of drug-likeness (QED) is 0.879. The van der Waals surface area contributed by atoms with Crippen molar-refractivity contribution in [2.75, 3.05) is 0 Å². The molecule has 0 bridgehead atoms. The fraction of sp³-hybridized carbons (Fsp3) is 0.286. The van der Waals surface area contributed by atoms with Crippen LogP contribution >= 0.6 is 0 Å². The Morgan fingerprint density at radius 1 is 1.50 bits per heavy atom. The smallest absolute Gasteiger partial charge is 0.248 e. The third-order valence-corrected chi connectivity index (χ3v) is 2.79. The molecule has 5 nitrogen and oxygen atoms in total. The number of carbonyl (C=O) groups excluding carboxylic acids is 1. The van der Waals surface area contributed by atoms with Crippen LogP contribution in [0.4, 0.5) is 4.39 Å². The molecule has 20 heavy (non-hydrogen) atoms. The molecule has 2 aromatic rings. The van der Waals surface area contributed by atoms with E-state index in [1.807, 2.05) is 6.92 Å². The van der Waals surface area contributed by atoms with Crippen molar-refractivity contribution in [3.63, 3.8) is 0 Å². The van der Waals surface area contributed by atoms with Crippen molar-refractivity contribution in [1.82, 2.24) is 9.78 Å². The molecule has 0 saturated heterocycles. The number of carbonyl (C=O) groups is 1. The van der Waals surface area contributed by atoms with Crippen LogP contribution in [0, 0.1) is 5.82 Å². The molecule has 1 aromatic carbocycles. The Labute approximate surface area is 116 Å². The highest BCUT2D eigenvalue weighted by Crippen LogP contribution is 2.15. The maximum absolute atomic E-state index is 13.6. The van der Waals surface area contributed by atoms with Gasteiger partial charge in [-0.2, -0.15) is 5.10 Å². The number of nitrogens with two attached hydrogens (primary N) is 1. The van der Waals surface area contributed by atoms with Crippen molar-refractivity contribution in [1.29, 1.82) is 0 Å². The van der Waals surface area contributed by atoms with Crippen molar-refractivity contribution in [3.8, 4) is 5.75 Å². The van der Waals surface area contributed by atoms with Gasteiger partial charge in [0.1, 0.15) is 12.4 Å². The lowest BCUT2D eigenvalue weighted by molar-refractivity contribution is 0.1000. The second-order valence-corrected chi connectivity index (χ2v) is 4.40. The average Bonchev–Trinajstić information content (AvgIpc) is 2.86. The van der Waals surface area contributed by atoms with Crippen molar-refractivity contribution >= 4 is 5.91 Å². The highest BCUT2D eigenvalue weighted by molar-refractivity contribution is 5.92. The minimum absolute atomic E-state index is 0.0186. The number of aryl methyl sites for hydroxylation is 1. The number of rotatable bonds is 6. The predicted octanol–water partition coefficient (Wildman–Crippen LogP) is 2.11. The molecule has 0 saturated carbocycles. The molecule has 0 radical (unpaired) electrons. The first kappa shape index (κ1) is 14.0. The van der Waals surface area contributed by atoms with Gasteiger partial charge in [-0.25, -0.2) is 4.39 Å². The predicted molar refractivity (Wildman–Crippen MR) is 71.8 cm³/mol. The largest absolute Gasteiger partial charge is 0.486 e. The summed E-state index contributed by atoms with van der Waals surface area (Å²) in [6.45, 7) is 2.87. The molecule has 2 N–H and O–H groups in total. The minimum Gasteiger partial charge on any atom is -0.486 e. The van der Waals surface area contributed by atoms with E-state index in [1.54, 1.807) is 17.1 Å². The maximum atomic E-state index is 13.6. The first-order chi connectivity index (χ1) is 9.60. The summed E-state index contributed by atoms with van der Waals surface area (Å²) in [6.07, 6.45) is 4.29. The molecular weight excluding hydrogens is 261 g/mol. The van der Waals surface area contributed by atoms with Gasteiger partial charge < -0.3 is 10.5 Å². The van der Waals surface area contributed by atoms with Crippen LogP contribution in [0.2, 0.25) is 0 Å². The topological polar surface area (TPSA) is 70.1 Å². The van der Waals surface area contributed by atoms with Gasteiger partial charge in [0.15, 0.2) is 5.75 Å². The zero-order valence-corrected chi connectivity index (χ0v) is 11.2. The van der Waals surface area contributed by atoms with Gasteiger partial charge in [-0.05, 0) is 24.6 Å². The number of hydrogen-bond donors (Lipinski definition) is 1. The number of ether oxygens (including phenoxy) is 1. The molecule has 6 heteroatoms. The van der Waals surface area contributed by atoms with Gasteiger partial charge >= 0.3 is 0 Å². The Kier molecular flexibility index (Phi) is 4.34. The molecule has 0 aliphatic carbocycles. The van der Waals surface area contributed by atoms with E-state index in [2.05, 4.69) is 5.10 Å². The van der Waals surface area contributed by atoms with Crippen molar-refractivity contribution in [3.05, 3.63) is 47.5 Å². The lowest BCUT2D eigenvalue weighted by atomic mass is 10.1. The number of aromatic nitrogens is 2. The van der Waals surface area contributed by atoms with Crippen LogP contribution in [0.25, 0.3) is 0 Å². The van der Waals surface area contributed by atoms with Crippen molar-refractivity contribution in [2.24, 2.45) is 5.73 Å². The molecule has 0 unspecified atom stereocenters. The maximum Gasteiger partial charge on any atom is 0.248 e. The molecule has 0 aliphatic rings. The number of halogens is 1. The monoisotopic (exact) mass is 277 g/mol. The number of amides is 1. The van der Waals surface area contributed by atoms with E-state index in [1.165, 1.54) is 18.2 Å². The van der Waals surface area contributed by atoms with E-state index in [-0.39, 0.29) is 17.7 Å². The Hall–Kier alpha value is -2.37. The Morgan fingerprint density at radius 2 is 2.30 bits per heavy atom. The van der Waals surface area contributed by atoms with Crippen LogP contribution in [-0.4, -0.2) is 15.7 Å². The average molecular weight is 277 g/mol. The van der Waals surface area contributed by atoms with Gasteiger partial charge in [-0.15, -0.1) is 0 Å². The van der Waals surface area contributed by atoms with E-state index in [4.69, 9.17) is 10.5 Å². The number of nitrogens with zero attached hydrogens (tertiary/aromatic N) is 2. The van der Waals surface area contributed by atoms with Crippen LogP contribution in [0.15, 0.2) is 30.6 Å². The highest BCUT2D eigenvalue weighted by Gasteiger charge is 2.08. The minimum atomic E-state index is -0.595. The summed E-state index contributed by atoms with van der Waals surface area (Å²) in [5.74, 6) is -0.472. The zero-order valence-electron chi connectivity index (χ0n) is 11.2. The summed E-state index contributed by atoms with van der Waals surface area (Å²) in [7, 11) is 0. The Balaban J connectivity index is 2.05. The SMILES string of the molecule is CCCn1cc(OCc2cc(C(N)=O)ccc2F)cn1. The van der Waals surface area contributed by atoms with Crippen LogP contribution in [0.1, 0.15) is 29.3 Å². The lowest BCUT2D eigenvalue weighted by Gasteiger charge is -2.06. The second-order valence-electron chi connectivity index (χ2n) is 4.40. The molecule has 0 atom stereocenters. The Bertz CT molecular complexity index is 610. The normalized spacial score (nSPS) is 10.5. The third-order valence-electron chi connectivity index (χ3n) is 2.79. The summed E-state index contributed by atoms with van der Waals surface area (Å²) >= 11 is 0. The van der Waals surface area contributed by atoms with Gasteiger partial charge in [0.2, 0.25) is 5.91 Å². The molecule has 1 aromatic heterocycles. The third kappa shape index (κ3) is 3.34. The van der Waals surface area contributed by atoms with E-state index >= 15 is 0 Å². The fourth-order valence-electron chi connectivity index (χ4n) is 1.77. The van der Waals surface area contributed by atoms with Gasteiger partial charge in [-0.1, -0.05) is 6.92 Å². The van der Waals surface area contributed by atoms with E-state index < -0.39 is 11.7 Å². The summed E-state index contributed by atoms with van der Waals surface area (Å²) in [6, 6.07) is 3.95. The standard InChI is InChI=1S/C14H16FN3O2/c1-2-5-18-8-12(7-17-18)20-9-11-6-10(14(16)19)3-4-13(11)15/h3-4,6-8H,2,5,9H2,1H3,(H2,16,19). The first-order valence-corrected chi connectivity index (χ1v) is 6.33. The second kappa shape index (κ2) is 6.18. The molecular formula is C14H16FN3O2. The van der Waals surface area contributed by atoms with Crippen LogP contribution < -0.4 is 10.5 Å². The fourth-order valence-corrected chi connectivity index (χ4v) is 1.77. The zero-order chi connectivity index (χ0) is 14.5. The van der Waals surface area contributed by atoms with Gasteiger partial charge in [0.05, 0.1) is 12.4 Å². The molecule has 2 rings (SSSR count).